The van der Waals surface area contributed by atoms with Crippen molar-refractivity contribution in [2.45, 2.75) is 39.2 Å². The Bertz CT molecular complexity index is 316. The molecule has 1 rings (SSSR count). The standard InChI is InChI=1S/C16H24O/c1-4-15(12-13(2)3)16(17)11-10-14-8-6-5-7-9-14/h4-9,13,15-17H,1,10-12H2,2-3H3/t15-,16+/m1/s1. The second-order valence-corrected chi connectivity index (χ2v) is 5.12. The van der Waals surface area contributed by atoms with E-state index in [1.54, 1.807) is 0 Å². The maximum absolute atomic E-state index is 10.1. The molecule has 0 unspecified atom stereocenters. The quantitative estimate of drug-likeness (QED) is 0.708. The van der Waals surface area contributed by atoms with Gasteiger partial charge < -0.3 is 5.11 Å². The van der Waals surface area contributed by atoms with E-state index in [2.05, 4.69) is 32.6 Å². The summed E-state index contributed by atoms with van der Waals surface area (Å²) in [4.78, 5) is 0. The molecule has 0 fully saturated rings. The summed E-state index contributed by atoms with van der Waals surface area (Å²) in [5.74, 6) is 0.822. The molecule has 94 valence electrons. The lowest BCUT2D eigenvalue weighted by Crippen LogP contribution is -2.20. The molecule has 0 aromatic heterocycles. The molecule has 1 aromatic rings. The molecule has 0 heterocycles. The second-order valence-electron chi connectivity index (χ2n) is 5.12. The molecule has 0 spiro atoms. The minimum atomic E-state index is -0.268. The number of benzene rings is 1. The van der Waals surface area contributed by atoms with Crippen LogP contribution in [0.4, 0.5) is 0 Å². The van der Waals surface area contributed by atoms with Gasteiger partial charge in [-0.05, 0) is 30.7 Å². The normalized spacial score (nSPS) is 14.6. The minimum Gasteiger partial charge on any atom is -0.393 e. The van der Waals surface area contributed by atoms with Crippen LogP contribution in [0.5, 0.6) is 0 Å². The lowest BCUT2D eigenvalue weighted by atomic mass is 9.89. The first kappa shape index (κ1) is 14.0. The zero-order chi connectivity index (χ0) is 12.7. The van der Waals surface area contributed by atoms with Crippen molar-refractivity contribution in [3.63, 3.8) is 0 Å². The molecule has 1 heteroatoms. The highest BCUT2D eigenvalue weighted by Crippen LogP contribution is 2.20. The first-order valence-electron chi connectivity index (χ1n) is 6.48. The maximum Gasteiger partial charge on any atom is 0.0605 e. The van der Waals surface area contributed by atoms with Crippen LogP contribution >= 0.6 is 0 Å². The fourth-order valence-corrected chi connectivity index (χ4v) is 2.13. The van der Waals surface area contributed by atoms with Crippen LogP contribution in [0.1, 0.15) is 32.3 Å². The van der Waals surface area contributed by atoms with Crippen molar-refractivity contribution in [1.82, 2.24) is 0 Å². The van der Waals surface area contributed by atoms with E-state index in [-0.39, 0.29) is 12.0 Å². The van der Waals surface area contributed by atoms with E-state index < -0.39 is 0 Å². The zero-order valence-electron chi connectivity index (χ0n) is 11.0. The van der Waals surface area contributed by atoms with Gasteiger partial charge in [-0.3, -0.25) is 0 Å². The Labute approximate surface area is 105 Å². The van der Waals surface area contributed by atoms with Gasteiger partial charge in [-0.15, -0.1) is 6.58 Å². The molecule has 0 aliphatic rings. The van der Waals surface area contributed by atoms with E-state index in [9.17, 15) is 5.11 Å². The molecule has 17 heavy (non-hydrogen) atoms. The van der Waals surface area contributed by atoms with Crippen LogP contribution in [0.15, 0.2) is 43.0 Å². The lowest BCUT2D eigenvalue weighted by molar-refractivity contribution is 0.110. The highest BCUT2D eigenvalue weighted by molar-refractivity contribution is 5.14. The summed E-state index contributed by atoms with van der Waals surface area (Å²) >= 11 is 0. The summed E-state index contributed by atoms with van der Waals surface area (Å²) in [5.41, 5.74) is 1.29. The molecule has 2 atom stereocenters. The van der Waals surface area contributed by atoms with Crippen LogP contribution in [0.3, 0.4) is 0 Å². The molecule has 1 aromatic carbocycles. The van der Waals surface area contributed by atoms with Gasteiger partial charge in [-0.2, -0.15) is 0 Å². The van der Waals surface area contributed by atoms with Gasteiger partial charge >= 0.3 is 0 Å². The Balaban J connectivity index is 2.42. The van der Waals surface area contributed by atoms with E-state index in [1.165, 1.54) is 5.56 Å². The Morgan fingerprint density at radius 1 is 1.24 bits per heavy atom. The number of aliphatic hydroxyl groups excluding tert-OH is 1. The van der Waals surface area contributed by atoms with E-state index in [4.69, 9.17) is 0 Å². The number of hydrogen-bond acceptors (Lipinski definition) is 1. The molecule has 0 aliphatic carbocycles. The minimum absolute atomic E-state index is 0.221. The third-order valence-corrected chi connectivity index (χ3v) is 3.11. The zero-order valence-corrected chi connectivity index (χ0v) is 11.0. The molecule has 1 N–H and O–H groups in total. The van der Waals surface area contributed by atoms with Gasteiger partial charge in [0, 0.05) is 5.92 Å². The first-order chi connectivity index (χ1) is 8.13. The van der Waals surface area contributed by atoms with Gasteiger partial charge in [0.15, 0.2) is 0 Å². The Morgan fingerprint density at radius 3 is 2.41 bits per heavy atom. The SMILES string of the molecule is C=C[C@H](CC(C)C)[C@@H](O)CCc1ccccc1. The monoisotopic (exact) mass is 232 g/mol. The number of rotatable bonds is 7. The molecule has 0 saturated heterocycles. The molecular weight excluding hydrogens is 208 g/mol. The van der Waals surface area contributed by atoms with Crippen molar-refractivity contribution in [2.75, 3.05) is 0 Å². The largest absolute Gasteiger partial charge is 0.393 e. The molecule has 0 radical (unpaired) electrons. The lowest BCUT2D eigenvalue weighted by Gasteiger charge is -2.21. The summed E-state index contributed by atoms with van der Waals surface area (Å²) in [6.07, 6.45) is 4.39. The second kappa shape index (κ2) is 7.29. The van der Waals surface area contributed by atoms with Crippen LogP contribution < -0.4 is 0 Å². The van der Waals surface area contributed by atoms with Gasteiger partial charge in [-0.1, -0.05) is 50.3 Å². The summed E-state index contributed by atoms with van der Waals surface area (Å²) in [5, 5.41) is 10.1. The van der Waals surface area contributed by atoms with Gasteiger partial charge in [0.2, 0.25) is 0 Å². The van der Waals surface area contributed by atoms with Crippen LogP contribution in [0, 0.1) is 11.8 Å². The van der Waals surface area contributed by atoms with Crippen molar-refractivity contribution in [1.29, 1.82) is 0 Å². The van der Waals surface area contributed by atoms with E-state index in [1.807, 2.05) is 24.3 Å². The van der Waals surface area contributed by atoms with E-state index in [0.717, 1.165) is 19.3 Å². The van der Waals surface area contributed by atoms with Gasteiger partial charge in [-0.25, -0.2) is 0 Å². The first-order valence-corrected chi connectivity index (χ1v) is 6.48. The Hall–Kier alpha value is -1.08. The molecule has 0 aliphatic heterocycles. The molecular formula is C16H24O. The fourth-order valence-electron chi connectivity index (χ4n) is 2.13. The van der Waals surface area contributed by atoms with Crippen molar-refractivity contribution < 1.29 is 5.11 Å². The molecule has 1 nitrogen and oxygen atoms in total. The number of hydrogen-bond donors (Lipinski definition) is 1. The van der Waals surface area contributed by atoms with Crippen molar-refractivity contribution in [3.05, 3.63) is 48.6 Å². The van der Waals surface area contributed by atoms with E-state index in [0.29, 0.717) is 5.92 Å². The highest BCUT2D eigenvalue weighted by atomic mass is 16.3. The summed E-state index contributed by atoms with van der Waals surface area (Å²) < 4.78 is 0. The Morgan fingerprint density at radius 2 is 1.88 bits per heavy atom. The van der Waals surface area contributed by atoms with Crippen LogP contribution in [0.2, 0.25) is 0 Å². The predicted molar refractivity (Wildman–Crippen MR) is 73.9 cm³/mol. The topological polar surface area (TPSA) is 20.2 Å². The smallest absolute Gasteiger partial charge is 0.0605 e. The predicted octanol–water partition coefficient (Wildman–Crippen LogP) is 3.83. The maximum atomic E-state index is 10.1. The van der Waals surface area contributed by atoms with Crippen LogP contribution in [-0.2, 0) is 6.42 Å². The third-order valence-electron chi connectivity index (χ3n) is 3.11. The molecule has 0 amide bonds. The van der Waals surface area contributed by atoms with Crippen molar-refractivity contribution >= 4 is 0 Å². The molecule has 0 bridgehead atoms. The molecule has 0 saturated carbocycles. The number of aryl methyl sites for hydroxylation is 1. The van der Waals surface area contributed by atoms with Gasteiger partial charge in [0.25, 0.3) is 0 Å². The van der Waals surface area contributed by atoms with Crippen LogP contribution in [-0.4, -0.2) is 11.2 Å². The fraction of sp³-hybridized carbons (Fsp3) is 0.500. The summed E-state index contributed by atoms with van der Waals surface area (Å²) in [7, 11) is 0. The number of aliphatic hydroxyl groups is 1. The third kappa shape index (κ3) is 5.18. The average molecular weight is 232 g/mol. The van der Waals surface area contributed by atoms with Crippen molar-refractivity contribution in [2.24, 2.45) is 11.8 Å². The van der Waals surface area contributed by atoms with Gasteiger partial charge in [0.1, 0.15) is 0 Å². The highest BCUT2D eigenvalue weighted by Gasteiger charge is 2.16. The van der Waals surface area contributed by atoms with E-state index >= 15 is 0 Å². The van der Waals surface area contributed by atoms with Gasteiger partial charge in [0.05, 0.1) is 6.10 Å². The Kier molecular flexibility index (Phi) is 5.99. The summed E-state index contributed by atoms with van der Waals surface area (Å²) in [6.45, 7) is 8.19. The average Bonchev–Trinajstić information content (AvgIpc) is 2.34. The van der Waals surface area contributed by atoms with Crippen molar-refractivity contribution in [3.8, 4) is 0 Å². The van der Waals surface area contributed by atoms with Crippen LogP contribution in [0.25, 0.3) is 0 Å². The summed E-state index contributed by atoms with van der Waals surface area (Å²) in [6, 6.07) is 10.3.